The molecule has 2 atom stereocenters. The third-order valence-corrected chi connectivity index (χ3v) is 5.78. The van der Waals surface area contributed by atoms with E-state index in [-0.39, 0.29) is 17.6 Å². The minimum Gasteiger partial charge on any atom is -0.390 e. The van der Waals surface area contributed by atoms with E-state index in [1.165, 1.54) is 12.8 Å². The molecule has 2 fully saturated rings. The van der Waals surface area contributed by atoms with Crippen molar-refractivity contribution >= 4 is 0 Å². The summed E-state index contributed by atoms with van der Waals surface area (Å²) in [5.41, 5.74) is -0.259. The largest absolute Gasteiger partial charge is 0.390 e. The fraction of sp³-hybridized carbons (Fsp3) is 1.00. The summed E-state index contributed by atoms with van der Waals surface area (Å²) < 4.78 is 6.10. The first-order valence-electron chi connectivity index (χ1n) is 8.54. The fourth-order valence-electron chi connectivity index (χ4n) is 4.26. The molecule has 0 aliphatic carbocycles. The second kappa shape index (κ2) is 5.50. The van der Waals surface area contributed by atoms with Gasteiger partial charge in [-0.1, -0.05) is 20.8 Å². The highest BCUT2D eigenvalue weighted by molar-refractivity contribution is 5.02. The Hall–Kier alpha value is -0.120. The summed E-state index contributed by atoms with van der Waals surface area (Å²) in [7, 11) is 0. The minimum atomic E-state index is -0.433. The van der Waals surface area contributed by atoms with Gasteiger partial charge in [-0.2, -0.15) is 0 Å². The highest BCUT2D eigenvalue weighted by Crippen LogP contribution is 2.43. The summed E-state index contributed by atoms with van der Waals surface area (Å²) in [5.74, 6) is 1.02. The Morgan fingerprint density at radius 1 is 1.05 bits per heavy atom. The molecule has 0 radical (unpaired) electrons. The monoisotopic (exact) mass is 297 g/mol. The molecule has 0 aromatic rings. The van der Waals surface area contributed by atoms with Crippen molar-refractivity contribution < 1.29 is 9.84 Å². The first kappa shape index (κ1) is 17.2. The van der Waals surface area contributed by atoms with E-state index >= 15 is 0 Å². The molecule has 0 bridgehead atoms. The lowest BCUT2D eigenvalue weighted by atomic mass is 9.75. The number of hydrogen-bond donors (Lipinski definition) is 1. The molecule has 21 heavy (non-hydrogen) atoms. The standard InChI is InChI=1S/C18H35NO2/c1-16(2,3)13-8-10-19(11-9-13)12-14-15(20)18(6,7)21-17(14,4)5/h13-15,20H,8-12H2,1-7H3. The summed E-state index contributed by atoms with van der Waals surface area (Å²) in [4.78, 5) is 2.53. The molecular formula is C18H35NO2. The Morgan fingerprint density at radius 3 is 1.95 bits per heavy atom. The smallest absolute Gasteiger partial charge is 0.0896 e. The number of aliphatic hydroxyl groups excluding tert-OH is 1. The van der Waals surface area contributed by atoms with E-state index in [1.807, 2.05) is 13.8 Å². The molecule has 0 spiro atoms. The first-order valence-corrected chi connectivity index (χ1v) is 8.54. The summed E-state index contributed by atoms with van der Waals surface area (Å²) in [5, 5.41) is 10.6. The zero-order chi connectivity index (χ0) is 16.1. The molecule has 0 saturated carbocycles. The molecular weight excluding hydrogens is 262 g/mol. The van der Waals surface area contributed by atoms with Gasteiger partial charge in [0.05, 0.1) is 17.3 Å². The molecule has 0 aromatic heterocycles. The van der Waals surface area contributed by atoms with Gasteiger partial charge in [-0.3, -0.25) is 0 Å². The molecule has 2 aliphatic rings. The van der Waals surface area contributed by atoms with Gasteiger partial charge in [0.25, 0.3) is 0 Å². The van der Waals surface area contributed by atoms with E-state index in [0.29, 0.717) is 5.41 Å². The third-order valence-electron chi connectivity index (χ3n) is 5.78. The van der Waals surface area contributed by atoms with E-state index in [2.05, 4.69) is 39.5 Å². The average Bonchev–Trinajstić information content (AvgIpc) is 2.47. The number of nitrogens with zero attached hydrogens (tertiary/aromatic N) is 1. The van der Waals surface area contributed by atoms with Crippen molar-refractivity contribution in [3.63, 3.8) is 0 Å². The van der Waals surface area contributed by atoms with Crippen molar-refractivity contribution in [2.24, 2.45) is 17.3 Å². The van der Waals surface area contributed by atoms with Crippen LogP contribution in [0.15, 0.2) is 0 Å². The lowest BCUT2D eigenvalue weighted by Crippen LogP contribution is -2.46. The summed E-state index contributed by atoms with van der Waals surface area (Å²) in [6.45, 7) is 18.6. The van der Waals surface area contributed by atoms with E-state index in [1.54, 1.807) is 0 Å². The minimum absolute atomic E-state index is 0.193. The van der Waals surface area contributed by atoms with Gasteiger partial charge in [0.15, 0.2) is 0 Å². The molecule has 2 unspecified atom stereocenters. The van der Waals surface area contributed by atoms with E-state index < -0.39 is 5.60 Å². The normalized spacial score (nSPS) is 34.3. The zero-order valence-corrected chi connectivity index (χ0v) is 15.1. The second-order valence-electron chi connectivity index (χ2n) is 9.30. The van der Waals surface area contributed by atoms with Gasteiger partial charge < -0.3 is 14.7 Å². The maximum absolute atomic E-state index is 10.6. The Morgan fingerprint density at radius 2 is 1.57 bits per heavy atom. The lowest BCUT2D eigenvalue weighted by molar-refractivity contribution is -0.0915. The van der Waals surface area contributed by atoms with Gasteiger partial charge in [-0.25, -0.2) is 0 Å². The van der Waals surface area contributed by atoms with Crippen LogP contribution in [0, 0.1) is 17.3 Å². The van der Waals surface area contributed by atoms with Crippen molar-refractivity contribution in [2.45, 2.75) is 78.6 Å². The SMILES string of the molecule is CC(C)(C)C1CCN(CC2C(O)C(C)(C)OC2(C)C)CC1. The topological polar surface area (TPSA) is 32.7 Å². The maximum atomic E-state index is 10.6. The predicted octanol–water partition coefficient (Wildman–Crippen LogP) is 3.31. The van der Waals surface area contributed by atoms with Crippen LogP contribution >= 0.6 is 0 Å². The average molecular weight is 297 g/mol. The van der Waals surface area contributed by atoms with Gasteiger partial charge in [0, 0.05) is 12.5 Å². The van der Waals surface area contributed by atoms with Crippen molar-refractivity contribution in [3.8, 4) is 0 Å². The van der Waals surface area contributed by atoms with Gasteiger partial charge in [0.2, 0.25) is 0 Å². The maximum Gasteiger partial charge on any atom is 0.0896 e. The Bertz CT molecular complexity index is 362. The van der Waals surface area contributed by atoms with Crippen LogP contribution in [0.4, 0.5) is 0 Å². The molecule has 2 heterocycles. The molecule has 124 valence electrons. The number of hydrogen-bond acceptors (Lipinski definition) is 3. The number of rotatable bonds is 2. The quantitative estimate of drug-likeness (QED) is 0.849. The predicted molar refractivity (Wildman–Crippen MR) is 87.4 cm³/mol. The van der Waals surface area contributed by atoms with Crippen LogP contribution in [-0.4, -0.2) is 46.9 Å². The van der Waals surface area contributed by atoms with Gasteiger partial charge in [-0.05, 0) is 65.0 Å². The molecule has 3 nitrogen and oxygen atoms in total. The highest BCUT2D eigenvalue weighted by Gasteiger charge is 2.53. The first-order chi connectivity index (χ1) is 9.43. The van der Waals surface area contributed by atoms with Crippen molar-refractivity contribution in [2.75, 3.05) is 19.6 Å². The van der Waals surface area contributed by atoms with Crippen LogP contribution in [0.1, 0.15) is 61.3 Å². The van der Waals surface area contributed by atoms with Crippen molar-refractivity contribution in [1.29, 1.82) is 0 Å². The Balaban J connectivity index is 1.94. The molecule has 2 aliphatic heterocycles. The van der Waals surface area contributed by atoms with Crippen LogP contribution in [0.25, 0.3) is 0 Å². The van der Waals surface area contributed by atoms with E-state index in [0.717, 1.165) is 25.6 Å². The van der Waals surface area contributed by atoms with Crippen LogP contribution in [-0.2, 0) is 4.74 Å². The summed E-state index contributed by atoms with van der Waals surface area (Å²) >= 11 is 0. The number of aliphatic hydroxyl groups is 1. The third kappa shape index (κ3) is 3.62. The van der Waals surface area contributed by atoms with Crippen LogP contribution in [0.3, 0.4) is 0 Å². The van der Waals surface area contributed by atoms with Gasteiger partial charge in [-0.15, -0.1) is 0 Å². The summed E-state index contributed by atoms with van der Waals surface area (Å²) in [6, 6.07) is 0. The lowest BCUT2D eigenvalue weighted by Gasteiger charge is -2.41. The molecule has 1 N–H and O–H groups in total. The van der Waals surface area contributed by atoms with E-state index in [4.69, 9.17) is 4.74 Å². The zero-order valence-electron chi connectivity index (χ0n) is 15.1. The van der Waals surface area contributed by atoms with Crippen LogP contribution in [0.2, 0.25) is 0 Å². The van der Waals surface area contributed by atoms with Gasteiger partial charge in [0.1, 0.15) is 0 Å². The second-order valence-corrected chi connectivity index (χ2v) is 9.30. The molecule has 0 amide bonds. The Kier molecular flexibility index (Phi) is 4.52. The number of piperidine rings is 1. The molecule has 0 aromatic carbocycles. The van der Waals surface area contributed by atoms with Crippen LogP contribution in [0.5, 0.6) is 0 Å². The molecule has 2 rings (SSSR count). The fourth-order valence-corrected chi connectivity index (χ4v) is 4.26. The molecule has 3 heteroatoms. The van der Waals surface area contributed by atoms with Gasteiger partial charge >= 0.3 is 0 Å². The van der Waals surface area contributed by atoms with Crippen LogP contribution < -0.4 is 0 Å². The highest BCUT2D eigenvalue weighted by atomic mass is 16.5. The van der Waals surface area contributed by atoms with Crippen molar-refractivity contribution in [3.05, 3.63) is 0 Å². The number of ether oxygens (including phenoxy) is 1. The Labute approximate surface area is 131 Å². The van der Waals surface area contributed by atoms with E-state index in [9.17, 15) is 5.11 Å². The summed E-state index contributed by atoms with van der Waals surface area (Å²) in [6.07, 6.45) is 2.17. The molecule has 2 saturated heterocycles. The van der Waals surface area contributed by atoms with Crippen molar-refractivity contribution in [1.82, 2.24) is 4.90 Å². The number of likely N-dealkylation sites (tertiary alicyclic amines) is 1.